The number of para-hydroxylation sites is 1. The van der Waals surface area contributed by atoms with Crippen molar-refractivity contribution in [2.24, 2.45) is 5.92 Å². The number of furan rings is 1. The maximum Gasteiger partial charge on any atom is 0.253 e. The van der Waals surface area contributed by atoms with Crippen molar-refractivity contribution >= 4 is 34.8 Å². The molecule has 1 heterocycles. The Morgan fingerprint density at radius 1 is 1.17 bits per heavy atom. The fourth-order valence-electron chi connectivity index (χ4n) is 1.88. The van der Waals surface area contributed by atoms with Crippen molar-refractivity contribution in [1.29, 1.82) is 0 Å². The standard InChI is InChI=1S/C17H19N3O3S/c1-11(2)15(21)20-17(24)19-14-8-4-3-7-13(14)16(22)18-10-12-6-5-9-23-12/h3-9,11H,10H2,1-2H3,(H,18,22)(H2,19,20,21,24). The van der Waals surface area contributed by atoms with Crippen LogP contribution in [-0.2, 0) is 11.3 Å². The molecule has 6 nitrogen and oxygen atoms in total. The zero-order valence-electron chi connectivity index (χ0n) is 13.5. The van der Waals surface area contributed by atoms with Gasteiger partial charge in [-0.1, -0.05) is 26.0 Å². The van der Waals surface area contributed by atoms with Crippen LogP contribution in [0.25, 0.3) is 0 Å². The van der Waals surface area contributed by atoms with E-state index in [-0.39, 0.29) is 29.4 Å². The summed E-state index contributed by atoms with van der Waals surface area (Å²) in [6.45, 7) is 3.83. The van der Waals surface area contributed by atoms with Crippen LogP contribution in [0.5, 0.6) is 0 Å². The van der Waals surface area contributed by atoms with Crippen LogP contribution in [0.3, 0.4) is 0 Å². The van der Waals surface area contributed by atoms with Crippen LogP contribution in [0.1, 0.15) is 30.0 Å². The number of thiocarbonyl (C=S) groups is 1. The summed E-state index contributed by atoms with van der Waals surface area (Å²) < 4.78 is 5.18. The predicted molar refractivity (Wildman–Crippen MR) is 95.5 cm³/mol. The molecule has 2 rings (SSSR count). The van der Waals surface area contributed by atoms with Gasteiger partial charge in [0, 0.05) is 5.92 Å². The van der Waals surface area contributed by atoms with Crippen molar-refractivity contribution in [2.75, 3.05) is 5.32 Å². The number of carbonyl (C=O) groups excluding carboxylic acids is 2. The van der Waals surface area contributed by atoms with E-state index < -0.39 is 0 Å². The first-order valence-corrected chi connectivity index (χ1v) is 7.89. The van der Waals surface area contributed by atoms with Gasteiger partial charge in [0.25, 0.3) is 5.91 Å². The lowest BCUT2D eigenvalue weighted by Crippen LogP contribution is -2.37. The van der Waals surface area contributed by atoms with Gasteiger partial charge >= 0.3 is 0 Å². The van der Waals surface area contributed by atoms with E-state index in [9.17, 15) is 9.59 Å². The summed E-state index contributed by atoms with van der Waals surface area (Å²) in [5, 5.41) is 8.39. The Morgan fingerprint density at radius 3 is 2.58 bits per heavy atom. The van der Waals surface area contributed by atoms with E-state index in [2.05, 4.69) is 16.0 Å². The van der Waals surface area contributed by atoms with Crippen LogP contribution in [0.2, 0.25) is 0 Å². The van der Waals surface area contributed by atoms with Crippen molar-refractivity contribution in [3.8, 4) is 0 Å². The van der Waals surface area contributed by atoms with Gasteiger partial charge in [0.05, 0.1) is 24.1 Å². The molecule has 0 bridgehead atoms. The Labute approximate surface area is 145 Å². The van der Waals surface area contributed by atoms with Crippen LogP contribution < -0.4 is 16.0 Å². The summed E-state index contributed by atoms with van der Waals surface area (Å²) in [7, 11) is 0. The highest BCUT2D eigenvalue weighted by atomic mass is 32.1. The van der Waals surface area contributed by atoms with Gasteiger partial charge in [-0.15, -0.1) is 0 Å². The smallest absolute Gasteiger partial charge is 0.253 e. The normalized spacial score (nSPS) is 10.3. The average molecular weight is 345 g/mol. The second-order valence-corrected chi connectivity index (χ2v) is 5.81. The molecule has 7 heteroatoms. The number of amides is 2. The molecule has 1 aromatic heterocycles. The molecule has 0 aliphatic rings. The zero-order chi connectivity index (χ0) is 17.5. The van der Waals surface area contributed by atoms with Crippen molar-refractivity contribution in [3.63, 3.8) is 0 Å². The molecule has 3 N–H and O–H groups in total. The average Bonchev–Trinajstić information content (AvgIpc) is 3.06. The molecular formula is C17H19N3O3S. The van der Waals surface area contributed by atoms with Crippen LogP contribution in [0, 0.1) is 5.92 Å². The molecule has 0 atom stereocenters. The number of rotatable bonds is 5. The summed E-state index contributed by atoms with van der Waals surface area (Å²) in [4.78, 5) is 24.0. The molecule has 0 saturated heterocycles. The third-order valence-corrected chi connectivity index (χ3v) is 3.39. The molecule has 0 aliphatic heterocycles. The van der Waals surface area contributed by atoms with Gasteiger partial charge in [-0.2, -0.15) is 0 Å². The minimum atomic E-state index is -0.271. The van der Waals surface area contributed by atoms with E-state index in [1.807, 2.05) is 0 Å². The SMILES string of the molecule is CC(C)C(=O)NC(=S)Nc1ccccc1C(=O)NCc1ccco1. The lowest BCUT2D eigenvalue weighted by Gasteiger charge is -2.14. The summed E-state index contributed by atoms with van der Waals surface area (Å²) in [5.74, 6) is 0.0184. The largest absolute Gasteiger partial charge is 0.467 e. The van der Waals surface area contributed by atoms with E-state index in [0.29, 0.717) is 17.0 Å². The fourth-order valence-corrected chi connectivity index (χ4v) is 2.09. The molecule has 0 unspecified atom stereocenters. The van der Waals surface area contributed by atoms with Crippen LogP contribution in [0.4, 0.5) is 5.69 Å². The van der Waals surface area contributed by atoms with E-state index in [1.165, 1.54) is 0 Å². The molecule has 0 saturated carbocycles. The van der Waals surface area contributed by atoms with Gasteiger partial charge in [-0.25, -0.2) is 0 Å². The summed E-state index contributed by atoms with van der Waals surface area (Å²) >= 11 is 5.12. The van der Waals surface area contributed by atoms with Gasteiger partial charge in [0.1, 0.15) is 5.76 Å². The van der Waals surface area contributed by atoms with E-state index >= 15 is 0 Å². The van der Waals surface area contributed by atoms with Crippen LogP contribution in [0.15, 0.2) is 47.1 Å². The Hall–Kier alpha value is -2.67. The number of nitrogens with one attached hydrogen (secondary N) is 3. The van der Waals surface area contributed by atoms with Gasteiger partial charge < -0.3 is 20.4 Å². The minimum absolute atomic E-state index is 0.153. The summed E-state index contributed by atoms with van der Waals surface area (Å²) in [6, 6.07) is 10.5. The van der Waals surface area contributed by atoms with Crippen LogP contribution in [-0.4, -0.2) is 16.9 Å². The van der Waals surface area contributed by atoms with Crippen molar-refractivity contribution in [2.45, 2.75) is 20.4 Å². The van der Waals surface area contributed by atoms with Crippen molar-refractivity contribution in [1.82, 2.24) is 10.6 Å². The first kappa shape index (κ1) is 17.7. The highest BCUT2D eigenvalue weighted by Gasteiger charge is 2.14. The quantitative estimate of drug-likeness (QED) is 0.726. The first-order chi connectivity index (χ1) is 11.5. The van der Waals surface area contributed by atoms with E-state index in [0.717, 1.165) is 0 Å². The molecule has 2 amide bonds. The highest BCUT2D eigenvalue weighted by molar-refractivity contribution is 7.80. The lowest BCUT2D eigenvalue weighted by atomic mass is 10.1. The third-order valence-electron chi connectivity index (χ3n) is 3.18. The number of carbonyl (C=O) groups is 2. The molecule has 0 fully saturated rings. The number of hydrogen-bond acceptors (Lipinski definition) is 4. The van der Waals surface area contributed by atoms with Crippen LogP contribution >= 0.6 is 12.2 Å². The Morgan fingerprint density at radius 2 is 1.92 bits per heavy atom. The molecule has 0 spiro atoms. The molecule has 126 valence electrons. The predicted octanol–water partition coefficient (Wildman–Crippen LogP) is 2.68. The maximum absolute atomic E-state index is 12.3. The Bertz CT molecular complexity index is 726. The van der Waals surface area contributed by atoms with Gasteiger partial charge in [-0.05, 0) is 36.5 Å². The van der Waals surface area contributed by atoms with E-state index in [4.69, 9.17) is 16.6 Å². The summed E-state index contributed by atoms with van der Waals surface area (Å²) in [6.07, 6.45) is 1.55. The highest BCUT2D eigenvalue weighted by Crippen LogP contribution is 2.15. The minimum Gasteiger partial charge on any atom is -0.467 e. The van der Waals surface area contributed by atoms with Gasteiger partial charge in [0.2, 0.25) is 5.91 Å². The maximum atomic E-state index is 12.3. The van der Waals surface area contributed by atoms with Gasteiger partial charge in [-0.3, -0.25) is 9.59 Å². The van der Waals surface area contributed by atoms with E-state index in [1.54, 1.807) is 56.5 Å². The topological polar surface area (TPSA) is 83.4 Å². The van der Waals surface area contributed by atoms with Crippen molar-refractivity contribution < 1.29 is 14.0 Å². The molecular weight excluding hydrogens is 326 g/mol. The molecule has 0 aliphatic carbocycles. The number of hydrogen-bond donors (Lipinski definition) is 3. The number of anilines is 1. The zero-order valence-corrected chi connectivity index (χ0v) is 14.3. The lowest BCUT2D eigenvalue weighted by molar-refractivity contribution is -0.122. The molecule has 0 radical (unpaired) electrons. The molecule has 24 heavy (non-hydrogen) atoms. The monoisotopic (exact) mass is 345 g/mol. The Kier molecular flexibility index (Phi) is 6.08. The second kappa shape index (κ2) is 8.26. The Balaban J connectivity index is 2.02. The van der Waals surface area contributed by atoms with Gasteiger partial charge in [0.15, 0.2) is 5.11 Å². The first-order valence-electron chi connectivity index (χ1n) is 7.49. The molecule has 2 aromatic rings. The van der Waals surface area contributed by atoms with Crippen molar-refractivity contribution in [3.05, 3.63) is 54.0 Å². The fraction of sp³-hybridized carbons (Fsp3) is 0.235. The third kappa shape index (κ3) is 4.92. The molecule has 1 aromatic carbocycles. The second-order valence-electron chi connectivity index (χ2n) is 5.41. The summed E-state index contributed by atoms with van der Waals surface area (Å²) in [5.41, 5.74) is 0.939. The number of benzene rings is 1.